The maximum Gasteiger partial charge on any atom is 0.274 e. The molecule has 25 heavy (non-hydrogen) atoms. The van der Waals surface area contributed by atoms with Gasteiger partial charge in [-0.25, -0.2) is 0 Å². The molecule has 2 amide bonds. The molecule has 1 aliphatic carbocycles. The first kappa shape index (κ1) is 15.9. The van der Waals surface area contributed by atoms with E-state index in [-0.39, 0.29) is 23.8 Å². The highest BCUT2D eigenvalue weighted by molar-refractivity contribution is 5.94. The standard InChI is InChI=1S/C18H22N4O3/c1-10-6-7-16(25-10)13-8-22(9-15(13)19-11(2)23)18(24)17-12-4-3-5-14(12)20-21-17/h6-7,13,15H,3-5,8-9H2,1-2H3,(H,19,23)(H,20,21)/t13-,15-/m1/s1. The van der Waals surface area contributed by atoms with Crippen molar-refractivity contribution in [3.63, 3.8) is 0 Å². The molecule has 1 aliphatic heterocycles. The molecule has 0 aromatic carbocycles. The smallest absolute Gasteiger partial charge is 0.274 e. The Hall–Kier alpha value is -2.57. The zero-order valence-corrected chi connectivity index (χ0v) is 14.5. The number of aromatic amines is 1. The van der Waals surface area contributed by atoms with Gasteiger partial charge in [0.1, 0.15) is 11.5 Å². The number of nitrogens with zero attached hydrogens (tertiary/aromatic N) is 2. The highest BCUT2D eigenvalue weighted by Crippen LogP contribution is 2.31. The van der Waals surface area contributed by atoms with Gasteiger partial charge in [0.2, 0.25) is 5.91 Å². The van der Waals surface area contributed by atoms with Crippen LogP contribution in [0.3, 0.4) is 0 Å². The number of hydrogen-bond donors (Lipinski definition) is 2. The van der Waals surface area contributed by atoms with E-state index in [1.54, 1.807) is 4.90 Å². The quantitative estimate of drug-likeness (QED) is 0.885. The van der Waals surface area contributed by atoms with Gasteiger partial charge in [0, 0.05) is 31.3 Å². The second-order valence-corrected chi connectivity index (χ2v) is 6.95. The highest BCUT2D eigenvalue weighted by Gasteiger charge is 2.40. The molecular formula is C18H22N4O3. The molecule has 0 saturated carbocycles. The Bertz CT molecular complexity index is 822. The van der Waals surface area contributed by atoms with Gasteiger partial charge in [-0.05, 0) is 38.3 Å². The Morgan fingerprint density at radius 3 is 2.88 bits per heavy atom. The van der Waals surface area contributed by atoms with E-state index in [0.29, 0.717) is 18.8 Å². The molecule has 2 N–H and O–H groups in total. The SMILES string of the molecule is CC(=O)N[C@@H]1CN(C(=O)c2n[nH]c3c2CCC3)C[C@H]1c1ccc(C)o1. The third-order valence-electron chi connectivity index (χ3n) is 5.13. The fourth-order valence-corrected chi connectivity index (χ4v) is 3.96. The molecule has 0 radical (unpaired) electrons. The van der Waals surface area contributed by atoms with Crippen LogP contribution in [0, 0.1) is 6.92 Å². The Balaban J connectivity index is 1.58. The van der Waals surface area contributed by atoms with E-state index in [0.717, 1.165) is 42.0 Å². The minimum atomic E-state index is -0.154. The number of rotatable bonds is 3. The number of aryl methyl sites for hydroxylation is 2. The van der Waals surface area contributed by atoms with Gasteiger partial charge in [0.05, 0.1) is 12.0 Å². The molecule has 132 valence electrons. The molecule has 7 nitrogen and oxygen atoms in total. The van der Waals surface area contributed by atoms with Crippen molar-refractivity contribution in [1.82, 2.24) is 20.4 Å². The number of nitrogens with one attached hydrogen (secondary N) is 2. The molecular weight excluding hydrogens is 320 g/mol. The van der Waals surface area contributed by atoms with E-state index in [9.17, 15) is 9.59 Å². The molecule has 1 fully saturated rings. The minimum absolute atomic E-state index is 0.0476. The number of carbonyl (C=O) groups is 2. The maximum atomic E-state index is 13.0. The molecule has 1 saturated heterocycles. The van der Waals surface area contributed by atoms with Crippen LogP contribution >= 0.6 is 0 Å². The van der Waals surface area contributed by atoms with Gasteiger partial charge in [-0.1, -0.05) is 0 Å². The van der Waals surface area contributed by atoms with Crippen LogP contribution in [0.25, 0.3) is 0 Å². The monoisotopic (exact) mass is 342 g/mol. The fraction of sp³-hybridized carbons (Fsp3) is 0.500. The van der Waals surface area contributed by atoms with Crippen molar-refractivity contribution in [1.29, 1.82) is 0 Å². The van der Waals surface area contributed by atoms with Crippen LogP contribution in [-0.4, -0.2) is 46.0 Å². The van der Waals surface area contributed by atoms with Gasteiger partial charge in [-0.2, -0.15) is 5.10 Å². The normalized spacial score (nSPS) is 22.2. The highest BCUT2D eigenvalue weighted by atomic mass is 16.3. The predicted octanol–water partition coefficient (Wildman–Crippen LogP) is 1.54. The van der Waals surface area contributed by atoms with Gasteiger partial charge < -0.3 is 14.6 Å². The number of hydrogen-bond acceptors (Lipinski definition) is 4. The number of furan rings is 1. The van der Waals surface area contributed by atoms with E-state index >= 15 is 0 Å². The Labute approximate surface area is 145 Å². The first-order chi connectivity index (χ1) is 12.0. The molecule has 0 bridgehead atoms. The minimum Gasteiger partial charge on any atom is -0.466 e. The Kier molecular flexibility index (Phi) is 3.86. The predicted molar refractivity (Wildman–Crippen MR) is 90.3 cm³/mol. The summed E-state index contributed by atoms with van der Waals surface area (Å²) >= 11 is 0. The lowest BCUT2D eigenvalue weighted by atomic mass is 10.0. The molecule has 2 aromatic rings. The topological polar surface area (TPSA) is 91.2 Å². The zero-order chi connectivity index (χ0) is 17.6. The van der Waals surface area contributed by atoms with Gasteiger partial charge in [-0.3, -0.25) is 14.7 Å². The summed E-state index contributed by atoms with van der Waals surface area (Å²) in [6.45, 7) is 4.36. The van der Waals surface area contributed by atoms with Crippen LogP contribution in [0.4, 0.5) is 0 Å². The second kappa shape index (κ2) is 6.06. The average Bonchev–Trinajstić information content (AvgIpc) is 3.28. The number of fused-ring (bicyclic) bond motifs is 1. The van der Waals surface area contributed by atoms with Crippen molar-refractivity contribution < 1.29 is 14.0 Å². The molecule has 2 aliphatic rings. The Morgan fingerprint density at radius 1 is 1.32 bits per heavy atom. The summed E-state index contributed by atoms with van der Waals surface area (Å²) in [5.74, 6) is 1.41. The number of amides is 2. The van der Waals surface area contributed by atoms with Crippen molar-refractivity contribution in [2.24, 2.45) is 0 Å². The summed E-state index contributed by atoms with van der Waals surface area (Å²) in [7, 11) is 0. The molecule has 3 heterocycles. The molecule has 2 atom stereocenters. The first-order valence-corrected chi connectivity index (χ1v) is 8.71. The molecule has 7 heteroatoms. The van der Waals surface area contributed by atoms with Crippen LogP contribution < -0.4 is 5.32 Å². The van der Waals surface area contributed by atoms with Crippen molar-refractivity contribution in [3.05, 3.63) is 40.6 Å². The van der Waals surface area contributed by atoms with Crippen LogP contribution in [0.1, 0.15) is 52.5 Å². The first-order valence-electron chi connectivity index (χ1n) is 8.71. The summed E-state index contributed by atoms with van der Waals surface area (Å²) in [4.78, 5) is 26.3. The third-order valence-corrected chi connectivity index (χ3v) is 5.13. The number of H-pyrrole nitrogens is 1. The second-order valence-electron chi connectivity index (χ2n) is 6.95. The zero-order valence-electron chi connectivity index (χ0n) is 14.5. The summed E-state index contributed by atoms with van der Waals surface area (Å²) in [5.41, 5.74) is 2.67. The largest absolute Gasteiger partial charge is 0.466 e. The molecule has 2 aromatic heterocycles. The third kappa shape index (κ3) is 2.83. The van der Waals surface area contributed by atoms with Crippen molar-refractivity contribution >= 4 is 11.8 Å². The summed E-state index contributed by atoms with van der Waals surface area (Å²) in [6, 6.07) is 3.68. The number of likely N-dealkylation sites (tertiary alicyclic amines) is 1. The van der Waals surface area contributed by atoms with E-state index in [2.05, 4.69) is 15.5 Å². The lowest BCUT2D eigenvalue weighted by Crippen LogP contribution is -2.39. The number of carbonyl (C=O) groups excluding carboxylic acids is 2. The van der Waals surface area contributed by atoms with E-state index in [4.69, 9.17) is 4.42 Å². The summed E-state index contributed by atoms with van der Waals surface area (Å²) in [6.07, 6.45) is 2.92. The van der Waals surface area contributed by atoms with Crippen LogP contribution in [0.2, 0.25) is 0 Å². The van der Waals surface area contributed by atoms with Gasteiger partial charge >= 0.3 is 0 Å². The van der Waals surface area contributed by atoms with Crippen LogP contribution in [0.5, 0.6) is 0 Å². The Morgan fingerprint density at radius 2 is 2.16 bits per heavy atom. The lowest BCUT2D eigenvalue weighted by Gasteiger charge is -2.16. The van der Waals surface area contributed by atoms with Crippen LogP contribution in [-0.2, 0) is 17.6 Å². The molecule has 4 rings (SSSR count). The summed E-state index contributed by atoms with van der Waals surface area (Å²) in [5, 5.41) is 10.2. The van der Waals surface area contributed by atoms with Crippen molar-refractivity contribution in [3.8, 4) is 0 Å². The van der Waals surface area contributed by atoms with Crippen molar-refractivity contribution in [2.75, 3.05) is 13.1 Å². The summed E-state index contributed by atoms with van der Waals surface area (Å²) < 4.78 is 5.76. The van der Waals surface area contributed by atoms with Gasteiger partial charge in [0.15, 0.2) is 5.69 Å². The van der Waals surface area contributed by atoms with E-state index in [1.165, 1.54) is 6.92 Å². The average molecular weight is 342 g/mol. The maximum absolute atomic E-state index is 13.0. The lowest BCUT2D eigenvalue weighted by molar-refractivity contribution is -0.119. The van der Waals surface area contributed by atoms with Gasteiger partial charge in [0.25, 0.3) is 5.91 Å². The molecule has 0 unspecified atom stereocenters. The van der Waals surface area contributed by atoms with E-state index < -0.39 is 0 Å². The van der Waals surface area contributed by atoms with Crippen LogP contribution in [0.15, 0.2) is 16.5 Å². The molecule has 0 spiro atoms. The fourth-order valence-electron chi connectivity index (χ4n) is 3.96. The van der Waals surface area contributed by atoms with Crippen molar-refractivity contribution in [2.45, 2.75) is 45.1 Å². The van der Waals surface area contributed by atoms with E-state index in [1.807, 2.05) is 19.1 Å². The van der Waals surface area contributed by atoms with Gasteiger partial charge in [-0.15, -0.1) is 0 Å². The number of aromatic nitrogens is 2.